The van der Waals surface area contributed by atoms with E-state index in [1.165, 1.54) is 0 Å². The van der Waals surface area contributed by atoms with E-state index in [2.05, 4.69) is 11.3 Å². The molecule has 1 aliphatic heterocycles. The number of hydrogen-bond donors (Lipinski definition) is 1. The smallest absolute Gasteiger partial charge is 0.371 e. The molecule has 1 atom stereocenters. The molecule has 0 aromatic heterocycles. The summed E-state index contributed by atoms with van der Waals surface area (Å²) in [5.74, 6) is -3.46. The fourth-order valence-corrected chi connectivity index (χ4v) is 1.21. The molecule has 0 saturated carbocycles. The van der Waals surface area contributed by atoms with Gasteiger partial charge in [0, 0.05) is 6.42 Å². The summed E-state index contributed by atoms with van der Waals surface area (Å²) in [6, 6.07) is 0. The highest BCUT2D eigenvalue weighted by Crippen LogP contribution is 2.53. The summed E-state index contributed by atoms with van der Waals surface area (Å²) in [5, 5.41) is 8.97. The van der Waals surface area contributed by atoms with Crippen molar-refractivity contribution in [1.29, 1.82) is 0 Å². The number of hydrogen-bond acceptors (Lipinski definition) is 3. The third-order valence-corrected chi connectivity index (χ3v) is 2.07. The van der Waals surface area contributed by atoms with Crippen LogP contribution in [0.3, 0.4) is 0 Å². The van der Waals surface area contributed by atoms with Gasteiger partial charge >= 0.3 is 12.2 Å². The van der Waals surface area contributed by atoms with Gasteiger partial charge in [0.1, 0.15) is 12.0 Å². The molecule has 0 spiro atoms. The van der Waals surface area contributed by atoms with Gasteiger partial charge in [-0.3, -0.25) is 9.53 Å². The topological polar surface area (TPSA) is 46.5 Å². The van der Waals surface area contributed by atoms with E-state index in [0.717, 1.165) is 0 Å². The number of alkyl halides is 4. The van der Waals surface area contributed by atoms with Gasteiger partial charge in [-0.25, -0.2) is 0 Å². The van der Waals surface area contributed by atoms with Crippen LogP contribution in [0.1, 0.15) is 6.42 Å². The summed E-state index contributed by atoms with van der Waals surface area (Å²) < 4.78 is 52.9. The largest absolute Gasteiger partial charge is 0.385 e. The highest BCUT2D eigenvalue weighted by Gasteiger charge is 2.71. The molecule has 0 aliphatic carbocycles. The van der Waals surface area contributed by atoms with Crippen LogP contribution in [-0.4, -0.2) is 29.2 Å². The average molecular weight is 228 g/mol. The lowest BCUT2D eigenvalue weighted by Crippen LogP contribution is -2.60. The van der Waals surface area contributed by atoms with Crippen molar-refractivity contribution in [1.82, 2.24) is 0 Å². The number of carbonyl (C=O) groups excluding carboxylic acids is 1. The Balaban J connectivity index is 2.65. The average Bonchev–Trinajstić information content (AvgIpc) is 2.10. The first-order valence-corrected chi connectivity index (χ1v) is 4.01. The molecule has 0 bridgehead atoms. The van der Waals surface area contributed by atoms with Crippen molar-refractivity contribution in [3.63, 3.8) is 0 Å². The van der Waals surface area contributed by atoms with Crippen LogP contribution in [0.2, 0.25) is 0 Å². The Hall–Kier alpha value is -0.950. The fourth-order valence-electron chi connectivity index (χ4n) is 1.21. The molecule has 1 fully saturated rings. The zero-order chi connectivity index (χ0) is 11.9. The van der Waals surface area contributed by atoms with E-state index in [1.807, 2.05) is 0 Å². The molecule has 7 heteroatoms. The quantitative estimate of drug-likeness (QED) is 0.583. The maximum atomic E-state index is 12.5. The molecule has 1 unspecified atom stereocenters. The summed E-state index contributed by atoms with van der Waals surface area (Å²) in [5.41, 5.74) is 0. The van der Waals surface area contributed by atoms with Gasteiger partial charge in [-0.1, -0.05) is 6.58 Å². The first kappa shape index (κ1) is 12.1. The molecule has 1 N–H and O–H groups in total. The molecule has 15 heavy (non-hydrogen) atoms. The summed E-state index contributed by atoms with van der Waals surface area (Å²) in [4.78, 5) is 10.7. The normalized spacial score (nSPS) is 25.4. The van der Waals surface area contributed by atoms with E-state index >= 15 is 0 Å². The maximum Gasteiger partial charge on any atom is 0.371 e. The fraction of sp³-hybridized carbons (Fsp3) is 0.625. The second kappa shape index (κ2) is 3.57. The number of rotatable bonds is 4. The second-order valence-corrected chi connectivity index (χ2v) is 3.14. The Labute approximate surface area is 82.3 Å². The van der Waals surface area contributed by atoms with Crippen molar-refractivity contribution in [3.8, 4) is 0 Å². The minimum absolute atomic E-state index is 0.681. The molecule has 1 heterocycles. The second-order valence-electron chi connectivity index (χ2n) is 3.14. The number of aliphatic hydroxyl groups excluding tert-OH is 1. The lowest BCUT2D eigenvalue weighted by molar-refractivity contribution is -0.519. The summed E-state index contributed by atoms with van der Waals surface area (Å²) in [6.45, 7) is 2.99. The number of ketones is 1. The van der Waals surface area contributed by atoms with E-state index in [-0.39, 0.29) is 0 Å². The molecular weight excluding hydrogens is 220 g/mol. The van der Waals surface area contributed by atoms with Crippen molar-refractivity contribution in [3.05, 3.63) is 12.7 Å². The van der Waals surface area contributed by atoms with E-state index in [0.29, 0.717) is 6.08 Å². The Morgan fingerprint density at radius 1 is 1.47 bits per heavy atom. The van der Waals surface area contributed by atoms with E-state index in [4.69, 9.17) is 5.11 Å². The van der Waals surface area contributed by atoms with Gasteiger partial charge in [-0.05, 0) is 6.08 Å². The van der Waals surface area contributed by atoms with Crippen LogP contribution >= 0.6 is 0 Å². The standard InChI is InChI=1S/C8H8F4O3/c1-2-4(13)5(14)3-6-7(9,10)15-8(6,11)12/h2,5-6,14H,1,3H2. The van der Waals surface area contributed by atoms with Crippen LogP contribution < -0.4 is 0 Å². The van der Waals surface area contributed by atoms with Crippen molar-refractivity contribution >= 4 is 5.78 Å². The van der Waals surface area contributed by atoms with Crippen LogP contribution in [-0.2, 0) is 9.53 Å². The first-order chi connectivity index (χ1) is 6.70. The lowest BCUT2D eigenvalue weighted by atomic mass is 9.93. The number of ether oxygens (including phenoxy) is 1. The lowest BCUT2D eigenvalue weighted by Gasteiger charge is -2.43. The minimum Gasteiger partial charge on any atom is -0.385 e. The van der Waals surface area contributed by atoms with Crippen LogP contribution in [0.5, 0.6) is 0 Å². The van der Waals surface area contributed by atoms with Crippen molar-refractivity contribution in [2.24, 2.45) is 5.92 Å². The van der Waals surface area contributed by atoms with Crippen LogP contribution in [0.15, 0.2) is 12.7 Å². The van der Waals surface area contributed by atoms with Crippen LogP contribution in [0.4, 0.5) is 17.6 Å². The molecule has 0 amide bonds. The van der Waals surface area contributed by atoms with E-state index in [1.54, 1.807) is 0 Å². The van der Waals surface area contributed by atoms with Gasteiger partial charge in [0.15, 0.2) is 5.78 Å². The highest BCUT2D eigenvalue weighted by atomic mass is 19.3. The van der Waals surface area contributed by atoms with Gasteiger partial charge in [0.25, 0.3) is 0 Å². The highest BCUT2D eigenvalue weighted by molar-refractivity contribution is 5.92. The van der Waals surface area contributed by atoms with Crippen molar-refractivity contribution in [2.75, 3.05) is 0 Å². The molecule has 86 valence electrons. The van der Waals surface area contributed by atoms with E-state index in [9.17, 15) is 22.4 Å². The Morgan fingerprint density at radius 2 is 1.93 bits per heavy atom. The minimum atomic E-state index is -4.01. The maximum absolute atomic E-state index is 12.5. The zero-order valence-corrected chi connectivity index (χ0v) is 7.42. The van der Waals surface area contributed by atoms with Gasteiger partial charge in [-0.2, -0.15) is 17.6 Å². The SMILES string of the molecule is C=CC(=O)C(O)CC1C(F)(F)OC1(F)F. The van der Waals surface area contributed by atoms with Gasteiger partial charge < -0.3 is 5.11 Å². The molecule has 3 nitrogen and oxygen atoms in total. The number of carbonyl (C=O) groups is 1. The summed E-state index contributed by atoms with van der Waals surface area (Å²) in [7, 11) is 0. The number of halogens is 4. The third-order valence-electron chi connectivity index (χ3n) is 2.07. The Morgan fingerprint density at radius 3 is 2.27 bits per heavy atom. The molecule has 0 aromatic carbocycles. The first-order valence-electron chi connectivity index (χ1n) is 4.01. The predicted molar refractivity (Wildman–Crippen MR) is 40.3 cm³/mol. The van der Waals surface area contributed by atoms with Gasteiger partial charge in [-0.15, -0.1) is 0 Å². The van der Waals surface area contributed by atoms with Crippen LogP contribution in [0.25, 0.3) is 0 Å². The molecule has 1 saturated heterocycles. The third kappa shape index (κ3) is 2.18. The van der Waals surface area contributed by atoms with E-state index < -0.39 is 36.4 Å². The van der Waals surface area contributed by atoms with Crippen molar-refractivity contribution < 1.29 is 32.2 Å². The Bertz CT molecular complexity index is 276. The van der Waals surface area contributed by atoms with Gasteiger partial charge in [0.05, 0.1) is 0 Å². The molecule has 1 rings (SSSR count). The zero-order valence-electron chi connectivity index (χ0n) is 7.42. The number of aliphatic hydroxyl groups is 1. The van der Waals surface area contributed by atoms with Crippen molar-refractivity contribution in [2.45, 2.75) is 24.7 Å². The monoisotopic (exact) mass is 228 g/mol. The summed E-state index contributed by atoms with van der Waals surface area (Å²) in [6.07, 6.45) is -10.3. The van der Waals surface area contributed by atoms with Crippen LogP contribution in [0, 0.1) is 5.92 Å². The molecule has 0 aromatic rings. The molecule has 0 radical (unpaired) electrons. The molecular formula is C8H8F4O3. The van der Waals surface area contributed by atoms with Gasteiger partial charge in [0.2, 0.25) is 0 Å². The molecule has 1 aliphatic rings. The predicted octanol–water partition coefficient (Wildman–Crippen LogP) is 1.32. The Kier molecular flexibility index (Phi) is 2.88. The summed E-state index contributed by atoms with van der Waals surface area (Å²) >= 11 is 0.